The SMILES string of the molecule is CCOC(C)(CCCCS)OCC. The number of hydrogen-bond donors (Lipinski definition) is 1. The van der Waals surface area contributed by atoms with Crippen LogP contribution in [0.2, 0.25) is 0 Å². The molecule has 0 unspecified atom stereocenters. The zero-order valence-electron chi connectivity index (χ0n) is 9.01. The number of thiol groups is 1. The molecule has 0 bridgehead atoms. The molecule has 0 N–H and O–H groups in total. The molecule has 0 aromatic carbocycles. The molecule has 0 spiro atoms. The standard InChI is InChI=1S/C10H22O2S/c1-4-11-10(3,12-5-2)8-6-7-9-13/h13H,4-9H2,1-3H3. The van der Waals surface area contributed by atoms with E-state index in [4.69, 9.17) is 9.47 Å². The van der Waals surface area contributed by atoms with Crippen molar-refractivity contribution >= 4 is 12.6 Å². The number of rotatable bonds is 8. The van der Waals surface area contributed by atoms with E-state index in [0.29, 0.717) is 13.2 Å². The minimum Gasteiger partial charge on any atom is -0.351 e. The average molecular weight is 206 g/mol. The van der Waals surface area contributed by atoms with Crippen LogP contribution in [-0.2, 0) is 9.47 Å². The Morgan fingerprint density at radius 1 is 1.08 bits per heavy atom. The van der Waals surface area contributed by atoms with Crippen LogP contribution in [0.4, 0.5) is 0 Å². The van der Waals surface area contributed by atoms with Crippen LogP contribution < -0.4 is 0 Å². The first kappa shape index (κ1) is 13.3. The zero-order valence-corrected chi connectivity index (χ0v) is 9.90. The molecule has 13 heavy (non-hydrogen) atoms. The highest BCUT2D eigenvalue weighted by Gasteiger charge is 2.23. The van der Waals surface area contributed by atoms with Crippen molar-refractivity contribution in [1.82, 2.24) is 0 Å². The Balaban J connectivity index is 3.76. The van der Waals surface area contributed by atoms with Crippen molar-refractivity contribution in [3.63, 3.8) is 0 Å². The van der Waals surface area contributed by atoms with Gasteiger partial charge in [0.2, 0.25) is 0 Å². The van der Waals surface area contributed by atoms with Gasteiger partial charge in [-0.1, -0.05) is 0 Å². The van der Waals surface area contributed by atoms with Crippen LogP contribution in [0.3, 0.4) is 0 Å². The fourth-order valence-electron chi connectivity index (χ4n) is 1.35. The molecule has 2 nitrogen and oxygen atoms in total. The minimum atomic E-state index is -0.382. The molecule has 0 amide bonds. The van der Waals surface area contributed by atoms with Gasteiger partial charge in [-0.3, -0.25) is 0 Å². The smallest absolute Gasteiger partial charge is 0.165 e. The number of ether oxygens (including phenoxy) is 2. The molecular formula is C10H22O2S. The summed E-state index contributed by atoms with van der Waals surface area (Å²) in [5.74, 6) is 0.556. The van der Waals surface area contributed by atoms with Crippen LogP contribution in [-0.4, -0.2) is 24.8 Å². The molecule has 0 aromatic rings. The van der Waals surface area contributed by atoms with Gasteiger partial charge in [0.15, 0.2) is 5.79 Å². The van der Waals surface area contributed by atoms with Gasteiger partial charge in [0.1, 0.15) is 0 Å². The Morgan fingerprint density at radius 3 is 2.00 bits per heavy atom. The van der Waals surface area contributed by atoms with Crippen molar-refractivity contribution in [3.8, 4) is 0 Å². The fraction of sp³-hybridized carbons (Fsp3) is 1.00. The van der Waals surface area contributed by atoms with Crippen molar-refractivity contribution in [3.05, 3.63) is 0 Å². The molecule has 0 aromatic heterocycles. The Hall–Kier alpha value is 0.270. The van der Waals surface area contributed by atoms with Crippen molar-refractivity contribution in [2.75, 3.05) is 19.0 Å². The topological polar surface area (TPSA) is 18.5 Å². The maximum atomic E-state index is 5.57. The van der Waals surface area contributed by atoms with Gasteiger partial charge in [-0.05, 0) is 39.4 Å². The normalized spacial score (nSPS) is 12.0. The summed E-state index contributed by atoms with van der Waals surface area (Å²) in [5, 5.41) is 0. The molecule has 0 aliphatic carbocycles. The highest BCUT2D eigenvalue weighted by atomic mass is 32.1. The van der Waals surface area contributed by atoms with E-state index < -0.39 is 0 Å². The second-order valence-corrected chi connectivity index (χ2v) is 3.63. The van der Waals surface area contributed by atoms with Gasteiger partial charge in [-0.25, -0.2) is 0 Å². The molecule has 0 atom stereocenters. The summed E-state index contributed by atoms with van der Waals surface area (Å²) in [5.41, 5.74) is 0. The lowest BCUT2D eigenvalue weighted by molar-refractivity contribution is -0.224. The third kappa shape index (κ3) is 6.36. The first-order valence-electron chi connectivity index (χ1n) is 5.07. The molecule has 0 saturated heterocycles. The van der Waals surface area contributed by atoms with E-state index in [2.05, 4.69) is 12.6 Å². The predicted molar refractivity (Wildman–Crippen MR) is 59.4 cm³/mol. The molecule has 0 rings (SSSR count). The third-order valence-corrected chi connectivity index (χ3v) is 2.25. The highest BCUT2D eigenvalue weighted by molar-refractivity contribution is 7.80. The van der Waals surface area contributed by atoms with E-state index in [-0.39, 0.29) is 5.79 Å². The Morgan fingerprint density at radius 2 is 1.62 bits per heavy atom. The predicted octanol–water partition coefficient (Wildman–Crippen LogP) is 2.88. The van der Waals surface area contributed by atoms with Crippen LogP contribution in [0, 0.1) is 0 Å². The zero-order chi connectivity index (χ0) is 10.2. The molecule has 0 aliphatic heterocycles. The van der Waals surface area contributed by atoms with E-state index >= 15 is 0 Å². The first-order valence-corrected chi connectivity index (χ1v) is 5.70. The van der Waals surface area contributed by atoms with E-state index in [1.165, 1.54) is 0 Å². The average Bonchev–Trinajstić information content (AvgIpc) is 2.05. The second kappa shape index (κ2) is 7.65. The first-order chi connectivity index (χ1) is 6.18. The molecule has 0 heterocycles. The molecule has 0 saturated carbocycles. The van der Waals surface area contributed by atoms with Crippen LogP contribution in [0.25, 0.3) is 0 Å². The summed E-state index contributed by atoms with van der Waals surface area (Å²) >= 11 is 4.17. The van der Waals surface area contributed by atoms with Crippen LogP contribution in [0.15, 0.2) is 0 Å². The summed E-state index contributed by atoms with van der Waals surface area (Å²) in [6.07, 6.45) is 3.19. The molecule has 0 fully saturated rings. The molecule has 0 radical (unpaired) electrons. The fourth-order valence-corrected chi connectivity index (χ4v) is 1.58. The summed E-state index contributed by atoms with van der Waals surface area (Å²) in [6, 6.07) is 0. The third-order valence-electron chi connectivity index (χ3n) is 1.94. The highest BCUT2D eigenvalue weighted by Crippen LogP contribution is 2.20. The minimum absolute atomic E-state index is 0.382. The van der Waals surface area contributed by atoms with Gasteiger partial charge in [0.05, 0.1) is 0 Å². The molecule has 3 heteroatoms. The second-order valence-electron chi connectivity index (χ2n) is 3.18. The van der Waals surface area contributed by atoms with Gasteiger partial charge < -0.3 is 9.47 Å². The van der Waals surface area contributed by atoms with Crippen molar-refractivity contribution in [2.24, 2.45) is 0 Å². The monoisotopic (exact) mass is 206 g/mol. The van der Waals surface area contributed by atoms with Crippen molar-refractivity contribution in [1.29, 1.82) is 0 Å². The summed E-state index contributed by atoms with van der Waals surface area (Å²) < 4.78 is 11.1. The van der Waals surface area contributed by atoms with E-state index in [1.54, 1.807) is 0 Å². The maximum Gasteiger partial charge on any atom is 0.165 e. The van der Waals surface area contributed by atoms with Gasteiger partial charge in [-0.2, -0.15) is 12.6 Å². The van der Waals surface area contributed by atoms with Crippen molar-refractivity contribution in [2.45, 2.75) is 45.8 Å². The van der Waals surface area contributed by atoms with Gasteiger partial charge in [0, 0.05) is 19.6 Å². The summed E-state index contributed by atoms with van der Waals surface area (Å²) in [4.78, 5) is 0. The lowest BCUT2D eigenvalue weighted by atomic mass is 10.1. The van der Waals surface area contributed by atoms with Crippen LogP contribution in [0.5, 0.6) is 0 Å². The molecule has 0 aliphatic rings. The molecular weight excluding hydrogens is 184 g/mol. The van der Waals surface area contributed by atoms with E-state index in [1.807, 2.05) is 20.8 Å². The Labute approximate surface area is 87.4 Å². The summed E-state index contributed by atoms with van der Waals surface area (Å²) in [7, 11) is 0. The Kier molecular flexibility index (Phi) is 7.81. The van der Waals surface area contributed by atoms with Crippen molar-refractivity contribution < 1.29 is 9.47 Å². The van der Waals surface area contributed by atoms with Crippen LogP contribution >= 0.6 is 12.6 Å². The van der Waals surface area contributed by atoms with Gasteiger partial charge in [-0.15, -0.1) is 0 Å². The quantitative estimate of drug-likeness (QED) is 0.374. The number of unbranched alkanes of at least 4 members (excludes halogenated alkanes) is 1. The Bertz CT molecular complexity index is 111. The lowest BCUT2D eigenvalue weighted by Crippen LogP contribution is -2.32. The largest absolute Gasteiger partial charge is 0.351 e. The molecule has 80 valence electrons. The van der Waals surface area contributed by atoms with E-state index in [0.717, 1.165) is 25.0 Å². The number of hydrogen-bond acceptors (Lipinski definition) is 3. The van der Waals surface area contributed by atoms with Gasteiger partial charge in [0.25, 0.3) is 0 Å². The summed E-state index contributed by atoms with van der Waals surface area (Å²) in [6.45, 7) is 7.42. The van der Waals surface area contributed by atoms with Gasteiger partial charge >= 0.3 is 0 Å². The maximum absolute atomic E-state index is 5.57. The van der Waals surface area contributed by atoms with Crippen LogP contribution in [0.1, 0.15) is 40.0 Å². The lowest BCUT2D eigenvalue weighted by Gasteiger charge is -2.29. The van der Waals surface area contributed by atoms with E-state index in [9.17, 15) is 0 Å².